The Morgan fingerprint density at radius 2 is 1.79 bits per heavy atom. The van der Waals surface area contributed by atoms with Crippen molar-refractivity contribution in [2.75, 3.05) is 12.1 Å². The third-order valence-corrected chi connectivity index (χ3v) is 5.31. The molecule has 0 atom stereocenters. The molecule has 8 nitrogen and oxygen atoms in total. The summed E-state index contributed by atoms with van der Waals surface area (Å²) in [7, 11) is 0. The van der Waals surface area contributed by atoms with E-state index in [0.29, 0.717) is 30.3 Å². The summed E-state index contributed by atoms with van der Waals surface area (Å²) in [6, 6.07) is 22.8. The number of rotatable bonds is 8. The van der Waals surface area contributed by atoms with Crippen molar-refractivity contribution in [2.45, 2.75) is 19.7 Å². The molecule has 0 saturated carbocycles. The van der Waals surface area contributed by atoms with Crippen LogP contribution in [0, 0.1) is 0 Å². The van der Waals surface area contributed by atoms with E-state index >= 15 is 0 Å². The van der Waals surface area contributed by atoms with Gasteiger partial charge in [0.25, 0.3) is 0 Å². The second-order valence-corrected chi connectivity index (χ2v) is 7.83. The van der Waals surface area contributed by atoms with Crippen LogP contribution in [-0.2, 0) is 19.7 Å². The maximum Gasteiger partial charge on any atom is 0.319 e. The Morgan fingerprint density at radius 3 is 2.65 bits per heavy atom. The molecule has 8 heteroatoms. The number of carbonyl (C=O) groups excluding carboxylic acids is 1. The van der Waals surface area contributed by atoms with Gasteiger partial charge in [-0.3, -0.25) is 4.68 Å². The van der Waals surface area contributed by atoms with Crippen molar-refractivity contribution in [3.05, 3.63) is 102 Å². The number of urea groups is 1. The molecule has 1 aliphatic rings. The number of hydrogen-bond donors (Lipinski definition) is 2. The fourth-order valence-corrected chi connectivity index (χ4v) is 3.57. The Balaban J connectivity index is 1.10. The van der Waals surface area contributed by atoms with Gasteiger partial charge in [0.05, 0.1) is 6.54 Å². The molecule has 1 aromatic heterocycles. The first kappa shape index (κ1) is 21.4. The SMILES string of the molecule is O=C(NCc1ccc(Cn2cccn2)cc1)Nc1cccc(COc2ccc3c(c2)OCO3)c1. The summed E-state index contributed by atoms with van der Waals surface area (Å²) < 4.78 is 18.4. The highest BCUT2D eigenvalue weighted by Gasteiger charge is 2.13. The molecule has 34 heavy (non-hydrogen) atoms. The molecule has 0 spiro atoms. The molecule has 1 aliphatic heterocycles. The van der Waals surface area contributed by atoms with Crippen molar-refractivity contribution < 1.29 is 19.0 Å². The van der Waals surface area contributed by atoms with E-state index in [1.807, 2.05) is 83.7 Å². The summed E-state index contributed by atoms with van der Waals surface area (Å²) in [5, 5.41) is 9.97. The molecule has 2 amide bonds. The van der Waals surface area contributed by atoms with Crippen LogP contribution in [-0.4, -0.2) is 22.6 Å². The second-order valence-electron chi connectivity index (χ2n) is 7.83. The monoisotopic (exact) mass is 456 g/mol. The van der Waals surface area contributed by atoms with Crippen LogP contribution >= 0.6 is 0 Å². The molecule has 0 radical (unpaired) electrons. The molecule has 0 saturated heterocycles. The number of hydrogen-bond acceptors (Lipinski definition) is 5. The van der Waals surface area contributed by atoms with Gasteiger partial charge in [0.15, 0.2) is 11.5 Å². The zero-order valence-electron chi connectivity index (χ0n) is 18.4. The van der Waals surface area contributed by atoms with E-state index in [1.54, 1.807) is 6.20 Å². The van der Waals surface area contributed by atoms with E-state index in [1.165, 1.54) is 0 Å². The molecular formula is C26H24N4O4. The molecule has 0 unspecified atom stereocenters. The number of amides is 2. The largest absolute Gasteiger partial charge is 0.489 e. The maximum absolute atomic E-state index is 12.4. The van der Waals surface area contributed by atoms with Gasteiger partial charge in [-0.1, -0.05) is 36.4 Å². The molecule has 4 aromatic rings. The van der Waals surface area contributed by atoms with Crippen LogP contribution in [0.3, 0.4) is 0 Å². The third kappa shape index (κ3) is 5.47. The van der Waals surface area contributed by atoms with E-state index in [2.05, 4.69) is 15.7 Å². The standard InChI is InChI=1S/C26H24N4O4/c31-26(27-15-19-5-7-20(8-6-19)16-30-12-2-11-28-30)29-22-4-1-3-21(13-22)17-32-23-9-10-24-25(14-23)34-18-33-24/h1-14H,15-18H2,(H2,27,29,31). The average molecular weight is 457 g/mol. The quantitative estimate of drug-likeness (QED) is 0.406. The Bertz CT molecular complexity index is 1260. The van der Waals surface area contributed by atoms with Gasteiger partial charge in [0, 0.05) is 30.7 Å². The summed E-state index contributed by atoms with van der Waals surface area (Å²) in [6.07, 6.45) is 3.69. The molecule has 0 bridgehead atoms. The lowest BCUT2D eigenvalue weighted by Gasteiger charge is -2.11. The Morgan fingerprint density at radius 1 is 0.941 bits per heavy atom. The number of anilines is 1. The highest BCUT2D eigenvalue weighted by Crippen LogP contribution is 2.35. The first-order chi connectivity index (χ1) is 16.7. The third-order valence-electron chi connectivity index (χ3n) is 5.31. The summed E-state index contributed by atoms with van der Waals surface area (Å²) in [6.45, 7) is 1.74. The number of aromatic nitrogens is 2. The van der Waals surface area contributed by atoms with Gasteiger partial charge in [-0.25, -0.2) is 4.79 Å². The topological polar surface area (TPSA) is 86.6 Å². The van der Waals surface area contributed by atoms with Gasteiger partial charge in [-0.15, -0.1) is 0 Å². The van der Waals surface area contributed by atoms with Crippen molar-refractivity contribution in [3.63, 3.8) is 0 Å². The first-order valence-corrected chi connectivity index (χ1v) is 10.9. The normalized spacial score (nSPS) is 11.8. The summed E-state index contributed by atoms with van der Waals surface area (Å²) in [4.78, 5) is 12.4. The summed E-state index contributed by atoms with van der Waals surface area (Å²) >= 11 is 0. The minimum absolute atomic E-state index is 0.228. The Labute approximate surface area is 197 Å². The lowest BCUT2D eigenvalue weighted by atomic mass is 10.1. The first-order valence-electron chi connectivity index (χ1n) is 10.9. The number of nitrogens with zero attached hydrogens (tertiary/aromatic N) is 2. The van der Waals surface area contributed by atoms with Crippen LogP contribution in [0.2, 0.25) is 0 Å². The number of carbonyl (C=O) groups is 1. The van der Waals surface area contributed by atoms with Gasteiger partial charge in [-0.05, 0) is 47.0 Å². The van der Waals surface area contributed by atoms with Gasteiger partial charge < -0.3 is 24.8 Å². The minimum atomic E-state index is -0.269. The minimum Gasteiger partial charge on any atom is -0.489 e. The molecule has 0 aliphatic carbocycles. The van der Waals surface area contributed by atoms with Crippen LogP contribution in [0.1, 0.15) is 16.7 Å². The van der Waals surface area contributed by atoms with Crippen LogP contribution in [0.4, 0.5) is 10.5 Å². The lowest BCUT2D eigenvalue weighted by Crippen LogP contribution is -2.28. The van der Waals surface area contributed by atoms with Crippen LogP contribution in [0.5, 0.6) is 17.2 Å². The van der Waals surface area contributed by atoms with E-state index < -0.39 is 0 Å². The van der Waals surface area contributed by atoms with E-state index in [4.69, 9.17) is 14.2 Å². The molecule has 0 fully saturated rings. The number of fused-ring (bicyclic) bond motifs is 1. The van der Waals surface area contributed by atoms with Crippen molar-refractivity contribution in [3.8, 4) is 17.2 Å². The maximum atomic E-state index is 12.4. The molecule has 5 rings (SSSR count). The van der Waals surface area contributed by atoms with E-state index in [9.17, 15) is 4.79 Å². The number of benzene rings is 3. The molecule has 172 valence electrons. The van der Waals surface area contributed by atoms with E-state index in [-0.39, 0.29) is 12.8 Å². The molecular weight excluding hydrogens is 432 g/mol. The van der Waals surface area contributed by atoms with Crippen molar-refractivity contribution >= 4 is 11.7 Å². The van der Waals surface area contributed by atoms with Gasteiger partial charge in [0.1, 0.15) is 12.4 Å². The Kier molecular flexibility index (Phi) is 6.29. The number of ether oxygens (including phenoxy) is 3. The second kappa shape index (κ2) is 9.99. The summed E-state index contributed by atoms with van der Waals surface area (Å²) in [5.41, 5.74) is 3.80. The van der Waals surface area contributed by atoms with Crippen molar-refractivity contribution in [1.29, 1.82) is 0 Å². The summed E-state index contributed by atoms with van der Waals surface area (Å²) in [5.74, 6) is 2.09. The van der Waals surface area contributed by atoms with Gasteiger partial charge in [0.2, 0.25) is 6.79 Å². The van der Waals surface area contributed by atoms with E-state index in [0.717, 1.165) is 29.0 Å². The molecule has 3 aromatic carbocycles. The zero-order valence-corrected chi connectivity index (χ0v) is 18.4. The van der Waals surface area contributed by atoms with Crippen LogP contribution in [0.25, 0.3) is 0 Å². The lowest BCUT2D eigenvalue weighted by molar-refractivity contribution is 0.173. The van der Waals surface area contributed by atoms with Gasteiger partial charge >= 0.3 is 6.03 Å². The van der Waals surface area contributed by atoms with Crippen molar-refractivity contribution in [2.24, 2.45) is 0 Å². The zero-order chi connectivity index (χ0) is 23.2. The van der Waals surface area contributed by atoms with Crippen molar-refractivity contribution in [1.82, 2.24) is 15.1 Å². The highest BCUT2D eigenvalue weighted by atomic mass is 16.7. The predicted octanol–water partition coefficient (Wildman–Crippen LogP) is 4.56. The fraction of sp³-hybridized carbons (Fsp3) is 0.154. The number of nitrogens with one attached hydrogen (secondary N) is 2. The Hall–Kier alpha value is -4.46. The molecule has 2 N–H and O–H groups in total. The van der Waals surface area contributed by atoms with Gasteiger partial charge in [-0.2, -0.15) is 5.10 Å². The fourth-order valence-electron chi connectivity index (χ4n) is 3.57. The van der Waals surface area contributed by atoms with Crippen LogP contribution < -0.4 is 24.8 Å². The molecule has 2 heterocycles. The predicted molar refractivity (Wildman–Crippen MR) is 127 cm³/mol. The highest BCUT2D eigenvalue weighted by molar-refractivity contribution is 5.89. The average Bonchev–Trinajstić information content (AvgIpc) is 3.54. The smallest absolute Gasteiger partial charge is 0.319 e. The van der Waals surface area contributed by atoms with Crippen LogP contribution in [0.15, 0.2) is 85.2 Å².